The lowest BCUT2D eigenvalue weighted by Crippen LogP contribution is -2.24. The van der Waals surface area contributed by atoms with Crippen molar-refractivity contribution in [2.75, 3.05) is 14.2 Å². The fraction of sp³-hybridized carbons (Fsp3) is 0.316. The van der Waals surface area contributed by atoms with E-state index < -0.39 is 5.97 Å². The van der Waals surface area contributed by atoms with Crippen LogP contribution in [-0.4, -0.2) is 31.7 Å². The summed E-state index contributed by atoms with van der Waals surface area (Å²) in [5, 5.41) is 3.82. The van der Waals surface area contributed by atoms with Crippen LogP contribution in [0.2, 0.25) is 0 Å². The van der Waals surface area contributed by atoms with Crippen molar-refractivity contribution in [3.63, 3.8) is 0 Å². The van der Waals surface area contributed by atoms with E-state index in [1.165, 1.54) is 14.2 Å². The number of oxime groups is 1. The molecule has 0 amide bonds. The average molecular weight is 406 g/mol. The van der Waals surface area contributed by atoms with Gasteiger partial charge in [-0.25, -0.2) is 4.79 Å². The Kier molecular flexibility index (Phi) is 6.31. The fourth-order valence-corrected chi connectivity index (χ4v) is 3.10. The lowest BCUT2D eigenvalue weighted by Gasteiger charge is -2.22. The highest BCUT2D eigenvalue weighted by Gasteiger charge is 2.29. The lowest BCUT2D eigenvalue weighted by molar-refractivity contribution is -0.132. The quantitative estimate of drug-likeness (QED) is 0.241. The molecule has 0 aromatic heterocycles. The number of methoxy groups -OCH3 is 1. The molecule has 1 aliphatic rings. The minimum Gasteiger partial charge on any atom is -0.464 e. The van der Waals surface area contributed by atoms with Crippen molar-refractivity contribution in [2.45, 2.75) is 26.7 Å². The van der Waals surface area contributed by atoms with E-state index >= 15 is 0 Å². The number of carbonyl (C=O) groups is 2. The number of ketones is 1. The van der Waals surface area contributed by atoms with E-state index in [9.17, 15) is 9.59 Å². The minimum absolute atomic E-state index is 0.0372. The molecule has 0 aliphatic heterocycles. The Morgan fingerprint density at radius 2 is 1.72 bits per heavy atom. The SMILES string of the molecule is CON=C(C(=O)OC)C1=C(C(=O)c2cccc(Br)c2)CC(C)=C(C)C1. The number of Topliss-reactive ketones (excluding diaryl/α,β-unsaturated/α-hetero) is 1. The van der Waals surface area contributed by atoms with Gasteiger partial charge in [-0.3, -0.25) is 4.79 Å². The normalized spacial score (nSPS) is 15.3. The van der Waals surface area contributed by atoms with Crippen LogP contribution in [0.15, 0.2) is 56.2 Å². The van der Waals surface area contributed by atoms with Crippen LogP contribution in [0.1, 0.15) is 37.0 Å². The smallest absolute Gasteiger partial charge is 0.360 e. The van der Waals surface area contributed by atoms with E-state index in [0.29, 0.717) is 29.6 Å². The first-order valence-corrected chi connectivity index (χ1v) is 8.55. The van der Waals surface area contributed by atoms with Gasteiger partial charge in [-0.05, 0) is 38.8 Å². The largest absolute Gasteiger partial charge is 0.464 e. The van der Waals surface area contributed by atoms with Gasteiger partial charge >= 0.3 is 5.97 Å². The van der Waals surface area contributed by atoms with Crippen molar-refractivity contribution in [3.05, 3.63) is 56.6 Å². The van der Waals surface area contributed by atoms with Crippen LogP contribution in [-0.2, 0) is 14.4 Å². The summed E-state index contributed by atoms with van der Waals surface area (Å²) in [6, 6.07) is 7.18. The zero-order valence-electron chi connectivity index (χ0n) is 14.7. The zero-order chi connectivity index (χ0) is 18.6. The number of ether oxygens (including phenoxy) is 1. The van der Waals surface area contributed by atoms with Crippen LogP contribution < -0.4 is 0 Å². The molecule has 0 saturated carbocycles. The van der Waals surface area contributed by atoms with Gasteiger partial charge in [0.2, 0.25) is 0 Å². The third kappa shape index (κ3) is 4.25. The second-order valence-electron chi connectivity index (χ2n) is 5.82. The summed E-state index contributed by atoms with van der Waals surface area (Å²) in [6.45, 7) is 3.98. The molecule has 0 spiro atoms. The van der Waals surface area contributed by atoms with Crippen LogP contribution in [0, 0.1) is 0 Å². The molecule has 0 heterocycles. The standard InChI is InChI=1S/C19H20BrNO4/c1-11-8-15(17(21-25-4)19(23)24-3)16(9-12(11)2)18(22)13-6-5-7-14(20)10-13/h5-7,10H,8-9H2,1-4H3. The first kappa shape index (κ1) is 19.1. The van der Waals surface area contributed by atoms with E-state index in [1.807, 2.05) is 19.9 Å². The Morgan fingerprint density at radius 1 is 1.08 bits per heavy atom. The maximum Gasteiger partial charge on any atom is 0.360 e. The predicted octanol–water partition coefficient (Wildman–Crippen LogP) is 4.23. The third-order valence-electron chi connectivity index (χ3n) is 4.18. The summed E-state index contributed by atoms with van der Waals surface area (Å²) in [6.07, 6.45) is 0.921. The number of hydrogen-bond acceptors (Lipinski definition) is 5. The zero-order valence-corrected chi connectivity index (χ0v) is 16.3. The number of esters is 1. The molecule has 0 N–H and O–H groups in total. The molecule has 1 aliphatic carbocycles. The van der Waals surface area contributed by atoms with Gasteiger partial charge in [-0.2, -0.15) is 0 Å². The molecule has 1 aromatic carbocycles. The molecule has 0 fully saturated rings. The van der Waals surface area contributed by atoms with E-state index in [2.05, 4.69) is 21.1 Å². The van der Waals surface area contributed by atoms with Gasteiger partial charge in [0.25, 0.3) is 0 Å². The second kappa shape index (κ2) is 8.25. The van der Waals surface area contributed by atoms with Gasteiger partial charge in [0.1, 0.15) is 7.11 Å². The molecule has 5 nitrogen and oxygen atoms in total. The molecule has 6 heteroatoms. The number of halogens is 1. The van der Waals surface area contributed by atoms with Crippen molar-refractivity contribution in [3.8, 4) is 0 Å². The molecule has 0 bridgehead atoms. The molecule has 0 radical (unpaired) electrons. The van der Waals surface area contributed by atoms with E-state index in [1.54, 1.807) is 18.2 Å². The molecular formula is C19H20BrNO4. The number of nitrogens with zero attached hydrogens (tertiary/aromatic N) is 1. The predicted molar refractivity (Wildman–Crippen MR) is 99.6 cm³/mol. The molecule has 0 unspecified atom stereocenters. The molecule has 0 saturated heterocycles. The summed E-state index contributed by atoms with van der Waals surface area (Å²) >= 11 is 3.38. The molecular weight excluding hydrogens is 386 g/mol. The molecule has 2 rings (SSSR count). The van der Waals surface area contributed by atoms with Crippen LogP contribution in [0.4, 0.5) is 0 Å². The summed E-state index contributed by atoms with van der Waals surface area (Å²) < 4.78 is 5.63. The Bertz CT molecular complexity index is 805. The summed E-state index contributed by atoms with van der Waals surface area (Å²) in [5.74, 6) is -0.750. The maximum absolute atomic E-state index is 13.1. The van der Waals surface area contributed by atoms with E-state index in [0.717, 1.165) is 15.6 Å². The van der Waals surface area contributed by atoms with Crippen LogP contribution in [0.5, 0.6) is 0 Å². The summed E-state index contributed by atoms with van der Waals surface area (Å²) in [7, 11) is 2.64. The lowest BCUT2D eigenvalue weighted by atomic mass is 9.82. The minimum atomic E-state index is -0.622. The topological polar surface area (TPSA) is 65.0 Å². The van der Waals surface area contributed by atoms with Crippen molar-refractivity contribution in [1.29, 1.82) is 0 Å². The summed E-state index contributed by atoms with van der Waals surface area (Å²) in [4.78, 5) is 30.0. The van der Waals surface area contributed by atoms with Crippen LogP contribution in [0.25, 0.3) is 0 Å². The summed E-state index contributed by atoms with van der Waals surface area (Å²) in [5.41, 5.74) is 3.91. The van der Waals surface area contributed by atoms with Crippen LogP contribution >= 0.6 is 15.9 Å². The Hall–Kier alpha value is -2.21. The molecule has 1 aromatic rings. The number of carbonyl (C=O) groups excluding carboxylic acids is 2. The second-order valence-corrected chi connectivity index (χ2v) is 6.74. The van der Waals surface area contributed by atoms with Gasteiger partial charge in [0, 0.05) is 21.2 Å². The Labute approximate surface area is 155 Å². The van der Waals surface area contributed by atoms with Crippen molar-refractivity contribution in [1.82, 2.24) is 0 Å². The highest BCUT2D eigenvalue weighted by molar-refractivity contribution is 9.10. The molecule has 25 heavy (non-hydrogen) atoms. The van der Waals surface area contributed by atoms with Gasteiger partial charge in [-0.1, -0.05) is 44.4 Å². The average Bonchev–Trinajstić information content (AvgIpc) is 2.60. The monoisotopic (exact) mass is 405 g/mol. The maximum atomic E-state index is 13.1. The first-order chi connectivity index (χ1) is 11.9. The van der Waals surface area contributed by atoms with Gasteiger partial charge in [-0.15, -0.1) is 0 Å². The fourth-order valence-electron chi connectivity index (χ4n) is 2.70. The number of benzene rings is 1. The van der Waals surface area contributed by atoms with E-state index in [4.69, 9.17) is 9.57 Å². The van der Waals surface area contributed by atoms with Crippen molar-refractivity contribution < 1.29 is 19.2 Å². The number of hydrogen-bond donors (Lipinski definition) is 0. The third-order valence-corrected chi connectivity index (χ3v) is 4.68. The Balaban J connectivity index is 2.59. The van der Waals surface area contributed by atoms with Gasteiger partial charge in [0.15, 0.2) is 11.5 Å². The highest BCUT2D eigenvalue weighted by Crippen LogP contribution is 2.33. The number of rotatable bonds is 5. The molecule has 0 atom stereocenters. The van der Waals surface area contributed by atoms with Crippen LogP contribution in [0.3, 0.4) is 0 Å². The van der Waals surface area contributed by atoms with Crippen molar-refractivity contribution in [2.24, 2.45) is 5.16 Å². The highest BCUT2D eigenvalue weighted by atomic mass is 79.9. The Morgan fingerprint density at radius 3 is 2.28 bits per heavy atom. The number of allylic oxidation sites excluding steroid dienone is 3. The van der Waals surface area contributed by atoms with Gasteiger partial charge < -0.3 is 9.57 Å². The first-order valence-electron chi connectivity index (χ1n) is 7.76. The van der Waals surface area contributed by atoms with E-state index in [-0.39, 0.29) is 11.5 Å². The van der Waals surface area contributed by atoms with Crippen molar-refractivity contribution >= 4 is 33.4 Å². The molecule has 132 valence electrons. The van der Waals surface area contributed by atoms with Gasteiger partial charge in [0.05, 0.1) is 7.11 Å².